The molecular weight excluding hydrogens is 924 g/mol. The number of amides is 3. The summed E-state index contributed by atoms with van der Waals surface area (Å²) in [6.45, 7) is 1.46. The average molecular weight is 978 g/mol. The minimum Gasteiger partial charge on any atom is -0.778 e. The van der Waals surface area contributed by atoms with Gasteiger partial charge in [-0.1, -0.05) is 86.9 Å². The lowest BCUT2D eigenvalue weighted by Gasteiger charge is -2.29. The zero-order chi connectivity index (χ0) is 48.1. The Kier molecular flexibility index (Phi) is 23.2. The standard InChI is InChI=1S/C19H23ClN2O2S.C19H15FN2O4.C3H8NO5P.C3H9S/c1-2-3-4-5-6-10-13-25-19(23)24-16-14-17(20)21-22-18(16)15-11-8-7-9-12-15;1-2-7-21-15-9-14(13(20)8-16(15)26-10-17(21)23)22-18(24)11-5-3-4-6-12(11)19(22)25;5-3(6)1-4-2-10(7,8)9;1-4(2)3/h7-9,11-12,14H,2-6,10,13H2,1H3;1,8-9H,3-7,10H2;4H,1-2H2,(H,5,6)(H2,7,8,9);1-3H3/q;;;+1/p-1. The van der Waals surface area contributed by atoms with Crippen molar-refractivity contribution in [2.75, 3.05) is 60.3 Å². The molecule has 1 aromatic heterocycles. The maximum Gasteiger partial charge on any atom is 0.372 e. The Morgan fingerprint density at radius 2 is 1.63 bits per heavy atom. The molecule has 3 heterocycles. The first kappa shape index (κ1) is 54.5. The molecule has 3 aliphatic rings. The predicted octanol–water partition coefficient (Wildman–Crippen LogP) is 6.98. The van der Waals surface area contributed by atoms with E-state index in [1.165, 1.54) is 54.5 Å². The molecule has 6 rings (SSSR count). The van der Waals surface area contributed by atoms with Crippen LogP contribution in [0, 0.1) is 18.2 Å². The molecule has 21 heteroatoms. The van der Waals surface area contributed by atoms with Crippen molar-refractivity contribution in [1.82, 2.24) is 15.5 Å². The fourth-order valence-corrected chi connectivity index (χ4v) is 7.49. The summed E-state index contributed by atoms with van der Waals surface area (Å²) in [5.41, 5.74) is 2.33. The molecule has 0 saturated heterocycles. The number of nitrogens with zero attached hydrogens (tertiary/aromatic N) is 4. The number of aliphatic carboxylic acids is 1. The second-order valence-electron chi connectivity index (χ2n) is 14.9. The second kappa shape index (κ2) is 27.6. The van der Waals surface area contributed by atoms with Gasteiger partial charge in [-0.05, 0) is 60.8 Å². The second-order valence-corrected chi connectivity index (χ2v) is 20.4. The lowest BCUT2D eigenvalue weighted by Crippen LogP contribution is -2.39. The summed E-state index contributed by atoms with van der Waals surface area (Å²) in [6, 6.07) is 13.4. The molecule has 3 amide bonds. The summed E-state index contributed by atoms with van der Waals surface area (Å²) >= 11 is 7.10. The number of rotatable bonds is 15. The maximum atomic E-state index is 14.7. The van der Waals surface area contributed by atoms with Crippen molar-refractivity contribution < 1.29 is 57.3 Å². The summed E-state index contributed by atoms with van der Waals surface area (Å²) in [7, 11) is -3.71. The van der Waals surface area contributed by atoms with Gasteiger partial charge >= 0.3 is 11.3 Å². The van der Waals surface area contributed by atoms with Gasteiger partial charge in [0.15, 0.2) is 23.3 Å². The number of terminal acetylenes is 1. The van der Waals surface area contributed by atoms with Crippen LogP contribution in [0.2, 0.25) is 5.15 Å². The van der Waals surface area contributed by atoms with Crippen molar-refractivity contribution in [2.24, 2.45) is 0 Å². The summed E-state index contributed by atoms with van der Waals surface area (Å²) in [4.78, 5) is 79.4. The molecule has 65 heavy (non-hydrogen) atoms. The Morgan fingerprint density at radius 3 is 2.22 bits per heavy atom. The fourth-order valence-electron chi connectivity index (χ4n) is 6.29. The van der Waals surface area contributed by atoms with Crippen molar-refractivity contribution in [3.8, 4) is 35.1 Å². The minimum absolute atomic E-state index is 0.0170. The number of hydrogen-bond donors (Lipinski definition) is 3. The molecule has 1 atom stereocenters. The third-order valence-electron chi connectivity index (χ3n) is 9.13. The molecule has 1 unspecified atom stereocenters. The first-order chi connectivity index (χ1) is 30.9. The van der Waals surface area contributed by atoms with Crippen LogP contribution in [0.15, 0.2) is 59.7 Å². The smallest absolute Gasteiger partial charge is 0.372 e. The Hall–Kier alpha value is -4.80. The number of carbonyl (C=O) groups excluding carboxylic acids is 4. The van der Waals surface area contributed by atoms with Crippen LogP contribution in [0.1, 0.15) is 71.1 Å². The van der Waals surface area contributed by atoms with E-state index in [0.717, 1.165) is 48.0 Å². The number of halogens is 2. The van der Waals surface area contributed by atoms with E-state index in [4.69, 9.17) is 37.5 Å². The Morgan fingerprint density at radius 1 is 1.02 bits per heavy atom. The van der Waals surface area contributed by atoms with E-state index >= 15 is 0 Å². The molecule has 2 aliphatic heterocycles. The van der Waals surface area contributed by atoms with E-state index in [2.05, 4.69) is 41.8 Å². The number of fused-ring (bicyclic) bond motifs is 1. The number of carboxylic acids is 1. The highest BCUT2D eigenvalue weighted by atomic mass is 35.5. The molecule has 2 aromatic carbocycles. The van der Waals surface area contributed by atoms with Crippen molar-refractivity contribution in [1.29, 1.82) is 0 Å². The van der Waals surface area contributed by atoms with Crippen LogP contribution in [0.25, 0.3) is 11.3 Å². The number of imide groups is 1. The van der Waals surface area contributed by atoms with Gasteiger partial charge in [-0.15, -0.1) is 16.6 Å². The molecule has 3 N–H and O–H groups in total. The van der Waals surface area contributed by atoms with Crippen molar-refractivity contribution >= 4 is 82.2 Å². The first-order valence-electron chi connectivity index (χ1n) is 20.6. The van der Waals surface area contributed by atoms with E-state index in [0.29, 0.717) is 46.3 Å². The number of carbonyl (C=O) groups is 5. The SMILES string of the molecule is C#CCN1C(=O)COc2cc(F)c(N3C(=O)C4=C(CCCC4)C3=O)cc21.CCCCCCCCSC(=O)Oc1cc(Cl)nnc1-c1ccccc1.C[S+](C)C.O=C(O)CNCP(=O)([O-])O. The van der Waals surface area contributed by atoms with Crippen LogP contribution in [0.4, 0.5) is 20.6 Å². The molecule has 352 valence electrons. The zero-order valence-corrected chi connectivity index (χ0v) is 40.0. The monoisotopic (exact) mass is 977 g/mol. The van der Waals surface area contributed by atoms with E-state index in [1.54, 1.807) is 0 Å². The normalized spacial score (nSPS) is 14.9. The van der Waals surface area contributed by atoms with Crippen LogP contribution < -0.4 is 29.5 Å². The summed E-state index contributed by atoms with van der Waals surface area (Å²) in [5, 5.41) is 17.8. The van der Waals surface area contributed by atoms with E-state index in [1.807, 2.05) is 35.6 Å². The van der Waals surface area contributed by atoms with Crippen LogP contribution in [-0.2, 0) is 34.6 Å². The Balaban J connectivity index is 0.000000269. The van der Waals surface area contributed by atoms with Gasteiger partial charge in [0.05, 0.1) is 49.5 Å². The van der Waals surface area contributed by atoms with Gasteiger partial charge in [0, 0.05) is 34.6 Å². The number of hydrogen-bond acceptors (Lipinski definition) is 13. The van der Waals surface area contributed by atoms with E-state index < -0.39 is 44.0 Å². The Bertz CT molecular complexity index is 2230. The number of thioether (sulfide) groups is 1. The lowest BCUT2D eigenvalue weighted by molar-refractivity contribution is -0.193. The highest BCUT2D eigenvalue weighted by Gasteiger charge is 2.41. The van der Waals surface area contributed by atoms with Crippen LogP contribution in [-0.4, -0.2) is 99.7 Å². The first-order valence-corrected chi connectivity index (χ1v) is 26.1. The molecule has 0 spiro atoms. The topological polar surface area (TPSA) is 229 Å². The third-order valence-corrected chi connectivity index (χ3v) is 10.7. The van der Waals surface area contributed by atoms with Crippen molar-refractivity contribution in [2.45, 2.75) is 71.1 Å². The third kappa shape index (κ3) is 18.2. The lowest BCUT2D eigenvalue weighted by atomic mass is 9.93. The number of ether oxygens (including phenoxy) is 2. The van der Waals surface area contributed by atoms with Gasteiger partial charge in [0.1, 0.15) is 19.0 Å². The van der Waals surface area contributed by atoms with Gasteiger partial charge < -0.3 is 28.9 Å². The average Bonchev–Trinajstić information content (AvgIpc) is 3.50. The minimum atomic E-state index is -4.35. The molecule has 0 radical (unpaired) electrons. The van der Waals surface area contributed by atoms with Gasteiger partial charge in [-0.2, -0.15) is 0 Å². The highest BCUT2D eigenvalue weighted by Crippen LogP contribution is 2.42. The molecule has 0 saturated carbocycles. The molecular formula is C44H54ClFN5O11PS2. The fraction of sp³-hybridized carbons (Fsp3) is 0.432. The quantitative estimate of drug-likeness (QED) is 0.0349. The van der Waals surface area contributed by atoms with Gasteiger partial charge in [-0.25, -0.2) is 14.1 Å². The molecule has 1 aliphatic carbocycles. The van der Waals surface area contributed by atoms with Crippen molar-refractivity contribution in [3.63, 3.8) is 0 Å². The largest absolute Gasteiger partial charge is 0.778 e. The van der Waals surface area contributed by atoms with E-state index in [9.17, 15) is 37.8 Å². The summed E-state index contributed by atoms with van der Waals surface area (Å²) < 4.78 is 35.3. The number of unbranched alkanes of at least 4 members (excludes halogenated alkanes) is 5. The number of benzene rings is 2. The van der Waals surface area contributed by atoms with Crippen LogP contribution in [0.3, 0.4) is 0 Å². The van der Waals surface area contributed by atoms with Crippen molar-refractivity contribution in [3.05, 3.63) is 70.6 Å². The predicted molar refractivity (Wildman–Crippen MR) is 251 cm³/mol. The molecule has 3 aromatic rings. The van der Waals surface area contributed by atoms with Crippen LogP contribution in [0.5, 0.6) is 11.5 Å². The summed E-state index contributed by atoms with van der Waals surface area (Å²) in [6.07, 6.45) is 21.1. The molecule has 16 nitrogen and oxygen atoms in total. The maximum absolute atomic E-state index is 14.7. The number of anilines is 2. The van der Waals surface area contributed by atoms with Gasteiger partial charge in [0.25, 0.3) is 17.7 Å². The molecule has 0 bridgehead atoms. The van der Waals surface area contributed by atoms with Crippen LogP contribution >= 0.6 is 31.0 Å². The number of nitrogens with one attached hydrogen (secondary N) is 1. The molecule has 0 fully saturated rings. The van der Waals surface area contributed by atoms with Gasteiger partial charge in [0.2, 0.25) is 0 Å². The highest BCUT2D eigenvalue weighted by molar-refractivity contribution is 8.13. The number of carboxylic acid groups (broad SMARTS) is 1. The van der Waals surface area contributed by atoms with Gasteiger partial charge in [-0.3, -0.25) is 29.4 Å². The zero-order valence-electron chi connectivity index (χ0n) is 36.7. The summed E-state index contributed by atoms with van der Waals surface area (Å²) in [5.74, 6) is 0.334. The Labute approximate surface area is 390 Å². The van der Waals surface area contributed by atoms with E-state index in [-0.39, 0.29) is 46.6 Å². The number of aromatic nitrogens is 2.